The van der Waals surface area contributed by atoms with Gasteiger partial charge in [-0.3, -0.25) is 5.10 Å². The molecule has 16 heavy (non-hydrogen) atoms. The first kappa shape index (κ1) is 10.4. The Bertz CT molecular complexity index is 528. The van der Waals surface area contributed by atoms with Gasteiger partial charge in [0.25, 0.3) is 0 Å². The molecule has 0 amide bonds. The van der Waals surface area contributed by atoms with Crippen LogP contribution in [0.4, 0.5) is 4.39 Å². The smallest absolute Gasteiger partial charge is 0.339 e. The number of rotatable bonds is 2. The molecule has 0 bridgehead atoms. The van der Waals surface area contributed by atoms with Crippen molar-refractivity contribution in [2.45, 2.75) is 6.92 Å². The van der Waals surface area contributed by atoms with E-state index >= 15 is 0 Å². The fourth-order valence-corrected chi connectivity index (χ4v) is 1.59. The highest BCUT2D eigenvalue weighted by atomic mass is 19.1. The fourth-order valence-electron chi connectivity index (χ4n) is 1.59. The van der Waals surface area contributed by atoms with Crippen molar-refractivity contribution in [1.29, 1.82) is 0 Å². The Morgan fingerprint density at radius 1 is 1.50 bits per heavy atom. The van der Waals surface area contributed by atoms with Crippen molar-refractivity contribution < 1.29 is 14.3 Å². The molecule has 1 aromatic heterocycles. The average Bonchev–Trinajstić information content (AvgIpc) is 2.66. The number of carboxylic acids is 1. The fraction of sp³-hybridized carbons (Fsp3) is 0.0909. The minimum atomic E-state index is -1.13. The van der Waals surface area contributed by atoms with Crippen LogP contribution in [0.5, 0.6) is 0 Å². The molecule has 82 valence electrons. The number of halogens is 1. The summed E-state index contributed by atoms with van der Waals surface area (Å²) >= 11 is 0. The summed E-state index contributed by atoms with van der Waals surface area (Å²) < 4.78 is 13.6. The number of nitrogens with zero attached hydrogens (tertiary/aromatic N) is 1. The summed E-state index contributed by atoms with van der Waals surface area (Å²) in [4.78, 5) is 10.9. The number of carbonyl (C=O) groups is 1. The third-order valence-electron chi connectivity index (χ3n) is 2.34. The van der Waals surface area contributed by atoms with Crippen LogP contribution >= 0.6 is 0 Å². The van der Waals surface area contributed by atoms with Gasteiger partial charge in [0.1, 0.15) is 11.4 Å². The van der Waals surface area contributed by atoms with Crippen LogP contribution in [0.2, 0.25) is 0 Å². The largest absolute Gasteiger partial charge is 0.478 e. The third kappa shape index (κ3) is 1.56. The van der Waals surface area contributed by atoms with Crippen LogP contribution in [0, 0.1) is 12.7 Å². The van der Waals surface area contributed by atoms with Crippen LogP contribution < -0.4 is 0 Å². The number of benzene rings is 1. The Hall–Kier alpha value is -2.17. The van der Waals surface area contributed by atoms with E-state index in [0.29, 0.717) is 5.56 Å². The molecular formula is C11H9FN2O2. The third-order valence-corrected chi connectivity index (χ3v) is 2.34. The molecule has 1 heterocycles. The van der Waals surface area contributed by atoms with Crippen LogP contribution in [0.1, 0.15) is 15.9 Å². The molecular weight excluding hydrogens is 211 g/mol. The molecule has 1 aromatic carbocycles. The second-order valence-corrected chi connectivity index (χ2v) is 3.40. The van der Waals surface area contributed by atoms with Gasteiger partial charge in [0.15, 0.2) is 0 Å². The lowest BCUT2D eigenvalue weighted by molar-refractivity contribution is 0.0698. The van der Waals surface area contributed by atoms with Gasteiger partial charge < -0.3 is 5.11 Å². The van der Waals surface area contributed by atoms with Crippen molar-refractivity contribution >= 4 is 5.97 Å². The molecule has 2 aromatic rings. The number of hydrogen-bond acceptors (Lipinski definition) is 2. The van der Waals surface area contributed by atoms with Gasteiger partial charge in [-0.1, -0.05) is 12.1 Å². The topological polar surface area (TPSA) is 66.0 Å². The van der Waals surface area contributed by atoms with Gasteiger partial charge in [-0.25, -0.2) is 9.18 Å². The van der Waals surface area contributed by atoms with E-state index in [9.17, 15) is 9.18 Å². The summed E-state index contributed by atoms with van der Waals surface area (Å²) in [6, 6.07) is 4.57. The van der Waals surface area contributed by atoms with E-state index in [4.69, 9.17) is 5.11 Å². The Balaban J connectivity index is 2.68. The molecule has 0 spiro atoms. The molecule has 0 aliphatic carbocycles. The zero-order valence-corrected chi connectivity index (χ0v) is 8.49. The number of nitrogens with one attached hydrogen (secondary N) is 1. The summed E-state index contributed by atoms with van der Waals surface area (Å²) in [5.41, 5.74) is 1.07. The van der Waals surface area contributed by atoms with E-state index in [2.05, 4.69) is 10.2 Å². The van der Waals surface area contributed by atoms with Gasteiger partial charge in [-0.05, 0) is 18.6 Å². The number of aromatic nitrogens is 2. The first-order valence-electron chi connectivity index (χ1n) is 4.63. The van der Waals surface area contributed by atoms with E-state index in [1.165, 1.54) is 12.3 Å². The lowest BCUT2D eigenvalue weighted by Crippen LogP contribution is -1.99. The normalized spacial score (nSPS) is 10.4. The molecule has 2 N–H and O–H groups in total. The standard InChI is InChI=1S/C11H9FN2O2/c1-6-3-2-4-8(12)9(6)10-7(11(15)16)5-13-14-10/h2-5H,1H3,(H,13,14)(H,15,16). The predicted molar refractivity (Wildman–Crippen MR) is 55.7 cm³/mol. The highest BCUT2D eigenvalue weighted by Crippen LogP contribution is 2.27. The van der Waals surface area contributed by atoms with Gasteiger partial charge in [0.05, 0.1) is 11.9 Å². The Kier molecular flexibility index (Phi) is 2.44. The van der Waals surface area contributed by atoms with Gasteiger partial charge in [0, 0.05) is 5.56 Å². The van der Waals surface area contributed by atoms with E-state index in [0.717, 1.165) is 0 Å². The van der Waals surface area contributed by atoms with Crippen molar-refractivity contribution in [2.24, 2.45) is 0 Å². The van der Waals surface area contributed by atoms with Gasteiger partial charge in [-0.2, -0.15) is 5.10 Å². The molecule has 0 aliphatic rings. The molecule has 0 aliphatic heterocycles. The lowest BCUT2D eigenvalue weighted by atomic mass is 10.0. The van der Waals surface area contributed by atoms with E-state index < -0.39 is 11.8 Å². The number of aromatic carboxylic acids is 1. The maximum Gasteiger partial charge on any atom is 0.339 e. The molecule has 0 unspecified atom stereocenters. The van der Waals surface area contributed by atoms with Crippen LogP contribution in [-0.2, 0) is 0 Å². The number of hydrogen-bond donors (Lipinski definition) is 2. The second-order valence-electron chi connectivity index (χ2n) is 3.40. The van der Waals surface area contributed by atoms with Gasteiger partial charge in [0.2, 0.25) is 0 Å². The Morgan fingerprint density at radius 3 is 2.88 bits per heavy atom. The van der Waals surface area contributed by atoms with Crippen LogP contribution in [0.15, 0.2) is 24.4 Å². The minimum absolute atomic E-state index is 0.0341. The summed E-state index contributed by atoms with van der Waals surface area (Å²) in [6.45, 7) is 1.71. The Labute approximate surface area is 90.7 Å². The highest BCUT2D eigenvalue weighted by Gasteiger charge is 2.18. The van der Waals surface area contributed by atoms with Crippen LogP contribution in [-0.4, -0.2) is 21.3 Å². The SMILES string of the molecule is Cc1cccc(F)c1-c1[nH]ncc1C(=O)O. The molecule has 0 saturated heterocycles. The molecule has 4 nitrogen and oxygen atoms in total. The van der Waals surface area contributed by atoms with Crippen molar-refractivity contribution in [3.05, 3.63) is 41.3 Å². The lowest BCUT2D eigenvalue weighted by Gasteiger charge is -2.05. The number of H-pyrrole nitrogens is 1. The first-order chi connectivity index (χ1) is 7.61. The molecule has 0 radical (unpaired) electrons. The quantitative estimate of drug-likeness (QED) is 0.815. The Morgan fingerprint density at radius 2 is 2.25 bits per heavy atom. The van der Waals surface area contributed by atoms with Crippen LogP contribution in [0.3, 0.4) is 0 Å². The van der Waals surface area contributed by atoms with E-state index in [-0.39, 0.29) is 16.8 Å². The van der Waals surface area contributed by atoms with Crippen molar-refractivity contribution in [3.63, 3.8) is 0 Å². The van der Waals surface area contributed by atoms with Crippen molar-refractivity contribution in [3.8, 4) is 11.3 Å². The monoisotopic (exact) mass is 220 g/mol. The minimum Gasteiger partial charge on any atom is -0.478 e. The molecule has 5 heteroatoms. The molecule has 0 saturated carbocycles. The van der Waals surface area contributed by atoms with E-state index in [1.54, 1.807) is 19.1 Å². The van der Waals surface area contributed by atoms with Crippen molar-refractivity contribution in [1.82, 2.24) is 10.2 Å². The molecule has 2 rings (SSSR count). The first-order valence-corrected chi connectivity index (χ1v) is 4.63. The van der Waals surface area contributed by atoms with E-state index in [1.807, 2.05) is 0 Å². The summed E-state index contributed by atoms with van der Waals surface area (Å²) in [6.07, 6.45) is 1.17. The highest BCUT2D eigenvalue weighted by molar-refractivity contribution is 5.95. The predicted octanol–water partition coefficient (Wildman–Crippen LogP) is 2.22. The summed E-state index contributed by atoms with van der Waals surface area (Å²) in [5.74, 6) is -1.60. The molecule has 0 fully saturated rings. The number of aryl methyl sites for hydroxylation is 1. The van der Waals surface area contributed by atoms with Crippen LogP contribution in [0.25, 0.3) is 11.3 Å². The number of aromatic amines is 1. The second kappa shape index (κ2) is 3.77. The van der Waals surface area contributed by atoms with Gasteiger partial charge in [-0.15, -0.1) is 0 Å². The van der Waals surface area contributed by atoms with Crippen molar-refractivity contribution in [2.75, 3.05) is 0 Å². The number of carboxylic acid groups (broad SMARTS) is 1. The summed E-state index contributed by atoms with van der Waals surface area (Å²) in [7, 11) is 0. The van der Waals surface area contributed by atoms with Gasteiger partial charge >= 0.3 is 5.97 Å². The zero-order valence-electron chi connectivity index (χ0n) is 8.49. The maximum absolute atomic E-state index is 13.6. The zero-order chi connectivity index (χ0) is 11.7. The average molecular weight is 220 g/mol. The maximum atomic E-state index is 13.6. The molecule has 0 atom stereocenters. The summed E-state index contributed by atoms with van der Waals surface area (Å²) in [5, 5.41) is 15.1.